The van der Waals surface area contributed by atoms with Crippen LogP contribution in [0.4, 0.5) is 0 Å². The number of benzene rings is 1. The first kappa shape index (κ1) is 9.77. The van der Waals surface area contributed by atoms with E-state index >= 15 is 0 Å². The molecule has 1 aromatic carbocycles. The molecule has 0 radical (unpaired) electrons. The van der Waals surface area contributed by atoms with Crippen LogP contribution in [0.25, 0.3) is 0 Å². The second kappa shape index (κ2) is 4.17. The number of aromatic nitrogens is 1. The second-order valence-corrected chi connectivity index (χ2v) is 3.47. The molecule has 0 bridgehead atoms. The molecule has 3 nitrogen and oxygen atoms in total. The lowest BCUT2D eigenvalue weighted by Crippen LogP contribution is -1.95. The SMILES string of the molecule is Cc1ccc(OCc2ncc(C)o2)cc1. The molecule has 0 saturated carbocycles. The number of ether oxygens (including phenoxy) is 1. The molecule has 0 atom stereocenters. The molecule has 0 amide bonds. The summed E-state index contributed by atoms with van der Waals surface area (Å²) in [6, 6.07) is 7.89. The first-order valence-electron chi connectivity index (χ1n) is 4.85. The van der Waals surface area contributed by atoms with Gasteiger partial charge in [-0.2, -0.15) is 0 Å². The molecule has 2 aromatic rings. The second-order valence-electron chi connectivity index (χ2n) is 3.47. The van der Waals surface area contributed by atoms with Crippen LogP contribution in [0.5, 0.6) is 5.75 Å². The standard InChI is InChI=1S/C12H13NO2/c1-9-3-5-11(6-4-9)14-8-12-13-7-10(2)15-12/h3-7H,8H2,1-2H3. The Hall–Kier alpha value is -1.77. The van der Waals surface area contributed by atoms with E-state index in [-0.39, 0.29) is 0 Å². The van der Waals surface area contributed by atoms with E-state index in [2.05, 4.69) is 4.98 Å². The fourth-order valence-electron chi connectivity index (χ4n) is 1.25. The molecule has 0 aliphatic rings. The maximum Gasteiger partial charge on any atom is 0.232 e. The van der Waals surface area contributed by atoms with Gasteiger partial charge in [-0.3, -0.25) is 0 Å². The monoisotopic (exact) mass is 203 g/mol. The molecule has 0 unspecified atom stereocenters. The van der Waals surface area contributed by atoms with Crippen molar-refractivity contribution in [2.24, 2.45) is 0 Å². The minimum atomic E-state index is 0.372. The van der Waals surface area contributed by atoms with Crippen molar-refractivity contribution in [3.8, 4) is 5.75 Å². The molecule has 3 heteroatoms. The van der Waals surface area contributed by atoms with E-state index < -0.39 is 0 Å². The number of rotatable bonds is 3. The van der Waals surface area contributed by atoms with E-state index in [9.17, 15) is 0 Å². The van der Waals surface area contributed by atoms with Crippen molar-refractivity contribution < 1.29 is 9.15 Å². The average molecular weight is 203 g/mol. The van der Waals surface area contributed by atoms with Crippen LogP contribution in [0.3, 0.4) is 0 Å². The van der Waals surface area contributed by atoms with E-state index in [0.29, 0.717) is 12.5 Å². The van der Waals surface area contributed by atoms with Gasteiger partial charge in [-0.25, -0.2) is 4.98 Å². The minimum Gasteiger partial charge on any atom is -0.484 e. The highest BCUT2D eigenvalue weighted by Crippen LogP contribution is 2.13. The largest absolute Gasteiger partial charge is 0.484 e. The molecule has 78 valence electrons. The topological polar surface area (TPSA) is 35.3 Å². The van der Waals surface area contributed by atoms with Crippen LogP contribution >= 0.6 is 0 Å². The fourth-order valence-corrected chi connectivity index (χ4v) is 1.25. The lowest BCUT2D eigenvalue weighted by atomic mass is 10.2. The molecule has 0 spiro atoms. The van der Waals surface area contributed by atoms with Crippen molar-refractivity contribution in [1.82, 2.24) is 4.98 Å². The van der Waals surface area contributed by atoms with Gasteiger partial charge in [0.2, 0.25) is 5.89 Å². The quantitative estimate of drug-likeness (QED) is 0.769. The van der Waals surface area contributed by atoms with E-state index in [1.54, 1.807) is 6.20 Å². The molecule has 0 N–H and O–H groups in total. The Morgan fingerprint density at radius 3 is 2.53 bits per heavy atom. The lowest BCUT2D eigenvalue weighted by molar-refractivity contribution is 0.260. The van der Waals surface area contributed by atoms with Gasteiger partial charge in [0, 0.05) is 0 Å². The third-order valence-corrected chi connectivity index (χ3v) is 2.05. The van der Waals surface area contributed by atoms with E-state index in [0.717, 1.165) is 11.5 Å². The Bertz CT molecular complexity index is 431. The van der Waals surface area contributed by atoms with Gasteiger partial charge in [0.05, 0.1) is 6.20 Å². The highest BCUT2D eigenvalue weighted by molar-refractivity contribution is 5.26. The summed E-state index contributed by atoms with van der Waals surface area (Å²) < 4.78 is 10.8. The maximum absolute atomic E-state index is 5.50. The minimum absolute atomic E-state index is 0.372. The molecule has 0 aliphatic heterocycles. The van der Waals surface area contributed by atoms with Crippen LogP contribution in [0.15, 0.2) is 34.9 Å². The molecular weight excluding hydrogens is 190 g/mol. The number of oxazole rings is 1. The van der Waals surface area contributed by atoms with Crippen LogP contribution in [-0.4, -0.2) is 4.98 Å². The lowest BCUT2D eigenvalue weighted by Gasteiger charge is -2.03. The van der Waals surface area contributed by atoms with Crippen molar-refractivity contribution in [3.05, 3.63) is 47.7 Å². The Balaban J connectivity index is 1.96. The van der Waals surface area contributed by atoms with Crippen LogP contribution in [-0.2, 0) is 6.61 Å². The van der Waals surface area contributed by atoms with E-state index in [4.69, 9.17) is 9.15 Å². The van der Waals surface area contributed by atoms with Gasteiger partial charge < -0.3 is 9.15 Å². The summed E-state index contributed by atoms with van der Waals surface area (Å²) in [6.45, 7) is 4.28. The van der Waals surface area contributed by atoms with Gasteiger partial charge in [0.1, 0.15) is 11.5 Å². The Morgan fingerprint density at radius 1 is 1.20 bits per heavy atom. The third kappa shape index (κ3) is 2.59. The van der Waals surface area contributed by atoms with Crippen LogP contribution in [0.1, 0.15) is 17.2 Å². The fraction of sp³-hybridized carbons (Fsp3) is 0.250. The highest BCUT2D eigenvalue weighted by atomic mass is 16.5. The highest BCUT2D eigenvalue weighted by Gasteiger charge is 2.01. The number of hydrogen-bond acceptors (Lipinski definition) is 3. The first-order chi connectivity index (χ1) is 7.24. The van der Waals surface area contributed by atoms with Crippen molar-refractivity contribution in [1.29, 1.82) is 0 Å². The van der Waals surface area contributed by atoms with Crippen molar-refractivity contribution in [2.45, 2.75) is 20.5 Å². The predicted molar refractivity (Wildman–Crippen MR) is 56.8 cm³/mol. The molecule has 1 heterocycles. The van der Waals surface area contributed by atoms with Gasteiger partial charge in [0.25, 0.3) is 0 Å². The molecular formula is C12H13NO2. The van der Waals surface area contributed by atoms with Gasteiger partial charge >= 0.3 is 0 Å². The average Bonchev–Trinajstić information content (AvgIpc) is 2.64. The smallest absolute Gasteiger partial charge is 0.232 e. The maximum atomic E-state index is 5.50. The Labute approximate surface area is 88.7 Å². The number of hydrogen-bond donors (Lipinski definition) is 0. The zero-order chi connectivity index (χ0) is 10.7. The Morgan fingerprint density at radius 2 is 1.93 bits per heavy atom. The van der Waals surface area contributed by atoms with Gasteiger partial charge in [-0.15, -0.1) is 0 Å². The van der Waals surface area contributed by atoms with Crippen LogP contribution < -0.4 is 4.74 Å². The summed E-state index contributed by atoms with van der Waals surface area (Å²) in [5, 5.41) is 0. The van der Waals surface area contributed by atoms with Gasteiger partial charge in [-0.05, 0) is 26.0 Å². The summed E-state index contributed by atoms with van der Waals surface area (Å²) in [5.74, 6) is 2.24. The molecule has 0 saturated heterocycles. The zero-order valence-corrected chi connectivity index (χ0v) is 8.86. The predicted octanol–water partition coefficient (Wildman–Crippen LogP) is 2.87. The zero-order valence-electron chi connectivity index (χ0n) is 8.86. The summed E-state index contributed by atoms with van der Waals surface area (Å²) >= 11 is 0. The Kier molecular flexibility index (Phi) is 2.72. The molecule has 15 heavy (non-hydrogen) atoms. The molecule has 1 aromatic heterocycles. The van der Waals surface area contributed by atoms with Gasteiger partial charge in [0.15, 0.2) is 6.61 Å². The van der Waals surface area contributed by atoms with Gasteiger partial charge in [-0.1, -0.05) is 17.7 Å². The summed E-state index contributed by atoms with van der Waals surface area (Å²) in [4.78, 5) is 4.06. The number of aryl methyl sites for hydroxylation is 2. The third-order valence-electron chi connectivity index (χ3n) is 2.05. The summed E-state index contributed by atoms with van der Waals surface area (Å²) in [5.41, 5.74) is 1.22. The molecule has 0 aliphatic carbocycles. The van der Waals surface area contributed by atoms with E-state index in [1.165, 1.54) is 5.56 Å². The van der Waals surface area contributed by atoms with Crippen molar-refractivity contribution in [3.63, 3.8) is 0 Å². The van der Waals surface area contributed by atoms with Crippen LogP contribution in [0, 0.1) is 13.8 Å². The number of nitrogens with zero attached hydrogens (tertiary/aromatic N) is 1. The molecule has 2 rings (SSSR count). The van der Waals surface area contributed by atoms with Crippen LogP contribution in [0.2, 0.25) is 0 Å². The van der Waals surface area contributed by atoms with Crippen molar-refractivity contribution in [2.75, 3.05) is 0 Å². The van der Waals surface area contributed by atoms with E-state index in [1.807, 2.05) is 38.1 Å². The first-order valence-corrected chi connectivity index (χ1v) is 4.85. The molecule has 0 fully saturated rings. The summed E-state index contributed by atoms with van der Waals surface area (Å²) in [6.07, 6.45) is 1.69. The normalized spacial score (nSPS) is 10.3. The summed E-state index contributed by atoms with van der Waals surface area (Å²) in [7, 11) is 0. The van der Waals surface area contributed by atoms with Crippen molar-refractivity contribution >= 4 is 0 Å².